The van der Waals surface area contributed by atoms with E-state index in [0.717, 1.165) is 22.3 Å². The number of H-pyrrole nitrogens is 1. The van der Waals surface area contributed by atoms with Gasteiger partial charge in [0.2, 0.25) is 11.8 Å². The number of hydrogen-bond donors (Lipinski definition) is 2. The first-order chi connectivity index (χ1) is 13.9. The standard InChI is InChI=1S/C21H18FN3O4/c1-12(26)24-11-10-13-4-2-3-5-16(13)18(24)17-19(27)23-21(29)25(20(17)28)15-8-6-14(22)7-9-15/h2-9,18,28H,10-11H2,1H3,(H,23,27,29)/t18-/m1/s1. The van der Waals surface area contributed by atoms with E-state index in [4.69, 9.17) is 0 Å². The molecule has 29 heavy (non-hydrogen) atoms. The number of carbonyl (C=O) groups excluding carboxylic acids is 1. The first-order valence-corrected chi connectivity index (χ1v) is 9.07. The van der Waals surface area contributed by atoms with E-state index in [9.17, 15) is 23.9 Å². The molecule has 0 radical (unpaired) electrons. The Balaban J connectivity index is 2.00. The normalized spacial score (nSPS) is 15.8. The molecule has 4 rings (SSSR count). The summed E-state index contributed by atoms with van der Waals surface area (Å²) in [6.45, 7) is 1.76. The van der Waals surface area contributed by atoms with Crippen molar-refractivity contribution in [3.63, 3.8) is 0 Å². The number of aromatic hydroxyl groups is 1. The summed E-state index contributed by atoms with van der Waals surface area (Å²) >= 11 is 0. The lowest BCUT2D eigenvalue weighted by atomic mass is 9.89. The molecule has 0 aliphatic carbocycles. The van der Waals surface area contributed by atoms with Gasteiger partial charge in [-0.25, -0.2) is 13.8 Å². The van der Waals surface area contributed by atoms with Gasteiger partial charge in [0.15, 0.2) is 0 Å². The number of amides is 1. The Labute approximate surface area is 164 Å². The van der Waals surface area contributed by atoms with Gasteiger partial charge >= 0.3 is 5.69 Å². The van der Waals surface area contributed by atoms with Crippen LogP contribution in [0.15, 0.2) is 58.1 Å². The lowest BCUT2D eigenvalue weighted by Crippen LogP contribution is -2.43. The maximum absolute atomic E-state index is 13.3. The SMILES string of the molecule is CC(=O)N1CCc2ccccc2[C@@H]1c1c(O)n(-c2ccc(F)cc2)c(=O)[nH]c1=O. The summed E-state index contributed by atoms with van der Waals surface area (Å²) in [6, 6.07) is 11.4. The zero-order valence-electron chi connectivity index (χ0n) is 15.6. The van der Waals surface area contributed by atoms with E-state index in [1.165, 1.54) is 24.0 Å². The maximum Gasteiger partial charge on any atom is 0.335 e. The molecule has 2 heterocycles. The van der Waals surface area contributed by atoms with Crippen molar-refractivity contribution in [2.75, 3.05) is 6.54 Å². The summed E-state index contributed by atoms with van der Waals surface area (Å²) in [4.78, 5) is 41.2. The Hall–Kier alpha value is -3.68. The molecule has 1 amide bonds. The topological polar surface area (TPSA) is 95.4 Å². The van der Waals surface area contributed by atoms with Crippen LogP contribution in [0.25, 0.3) is 5.69 Å². The van der Waals surface area contributed by atoms with Gasteiger partial charge in [0.25, 0.3) is 5.56 Å². The minimum Gasteiger partial charge on any atom is -0.494 e. The van der Waals surface area contributed by atoms with Crippen molar-refractivity contribution in [3.05, 3.63) is 91.9 Å². The Morgan fingerprint density at radius 2 is 1.83 bits per heavy atom. The fourth-order valence-electron chi connectivity index (χ4n) is 3.83. The molecule has 0 saturated carbocycles. The van der Waals surface area contributed by atoms with Crippen LogP contribution in [0.3, 0.4) is 0 Å². The average Bonchev–Trinajstić information content (AvgIpc) is 2.69. The molecule has 2 aromatic carbocycles. The zero-order chi connectivity index (χ0) is 20.7. The van der Waals surface area contributed by atoms with E-state index < -0.39 is 29.0 Å². The summed E-state index contributed by atoms with van der Waals surface area (Å²) in [7, 11) is 0. The quantitative estimate of drug-likeness (QED) is 0.693. The Kier molecular flexibility index (Phi) is 4.54. The molecule has 7 nitrogen and oxygen atoms in total. The number of aromatic nitrogens is 2. The molecule has 1 atom stereocenters. The van der Waals surface area contributed by atoms with Gasteiger partial charge < -0.3 is 10.0 Å². The molecule has 8 heteroatoms. The largest absolute Gasteiger partial charge is 0.494 e. The third kappa shape index (κ3) is 3.12. The molecule has 0 saturated heterocycles. The first kappa shape index (κ1) is 18.7. The highest BCUT2D eigenvalue weighted by Gasteiger charge is 2.35. The van der Waals surface area contributed by atoms with E-state index in [0.29, 0.717) is 18.5 Å². The van der Waals surface area contributed by atoms with Crippen molar-refractivity contribution in [3.8, 4) is 11.6 Å². The van der Waals surface area contributed by atoms with Gasteiger partial charge in [-0.3, -0.25) is 14.6 Å². The van der Waals surface area contributed by atoms with Gasteiger partial charge in [0.1, 0.15) is 11.4 Å². The van der Waals surface area contributed by atoms with Crippen LogP contribution in [0.2, 0.25) is 0 Å². The van der Waals surface area contributed by atoms with Gasteiger partial charge in [-0.05, 0) is 41.8 Å². The van der Waals surface area contributed by atoms with Crippen LogP contribution in [-0.4, -0.2) is 32.0 Å². The molecular formula is C21H18FN3O4. The molecule has 0 fully saturated rings. The number of aromatic amines is 1. The molecule has 2 N–H and O–H groups in total. The van der Waals surface area contributed by atoms with Crippen LogP contribution in [0.5, 0.6) is 5.88 Å². The second kappa shape index (κ2) is 7.05. The van der Waals surface area contributed by atoms with E-state index in [1.54, 1.807) is 12.1 Å². The zero-order valence-corrected chi connectivity index (χ0v) is 15.6. The highest BCUT2D eigenvalue weighted by molar-refractivity contribution is 5.75. The van der Waals surface area contributed by atoms with Crippen molar-refractivity contribution in [2.45, 2.75) is 19.4 Å². The second-order valence-corrected chi connectivity index (χ2v) is 6.87. The number of fused-ring (bicyclic) bond motifs is 1. The lowest BCUT2D eigenvalue weighted by molar-refractivity contribution is -0.130. The van der Waals surface area contributed by atoms with Gasteiger partial charge in [0, 0.05) is 13.5 Å². The number of nitrogens with zero attached hydrogens (tertiary/aromatic N) is 2. The van der Waals surface area contributed by atoms with Crippen LogP contribution in [0, 0.1) is 5.82 Å². The molecular weight excluding hydrogens is 377 g/mol. The number of nitrogens with one attached hydrogen (secondary N) is 1. The molecule has 1 aromatic heterocycles. The van der Waals surface area contributed by atoms with Crippen molar-refractivity contribution in [1.29, 1.82) is 0 Å². The van der Waals surface area contributed by atoms with Crippen LogP contribution in [-0.2, 0) is 11.2 Å². The summed E-state index contributed by atoms with van der Waals surface area (Å²) in [5.41, 5.74) is 0.0914. The molecule has 1 aliphatic heterocycles. The number of halogens is 1. The van der Waals surface area contributed by atoms with Crippen LogP contribution in [0.4, 0.5) is 4.39 Å². The minimum atomic E-state index is -0.860. The van der Waals surface area contributed by atoms with Gasteiger partial charge in [-0.1, -0.05) is 24.3 Å². The smallest absolute Gasteiger partial charge is 0.335 e. The summed E-state index contributed by atoms with van der Waals surface area (Å²) in [6.07, 6.45) is 0.614. The molecule has 0 unspecified atom stereocenters. The second-order valence-electron chi connectivity index (χ2n) is 6.87. The van der Waals surface area contributed by atoms with E-state index >= 15 is 0 Å². The van der Waals surface area contributed by atoms with Gasteiger partial charge in [-0.2, -0.15) is 0 Å². The van der Waals surface area contributed by atoms with Crippen molar-refractivity contribution in [2.24, 2.45) is 0 Å². The van der Waals surface area contributed by atoms with E-state index in [-0.39, 0.29) is 17.2 Å². The minimum absolute atomic E-state index is 0.115. The van der Waals surface area contributed by atoms with Crippen molar-refractivity contribution in [1.82, 2.24) is 14.5 Å². The van der Waals surface area contributed by atoms with Gasteiger partial charge in [0.05, 0.1) is 11.7 Å². The fourth-order valence-corrected chi connectivity index (χ4v) is 3.83. The predicted octanol–water partition coefficient (Wildman–Crippen LogP) is 1.86. The Bertz CT molecular complexity index is 1210. The molecule has 148 valence electrons. The summed E-state index contributed by atoms with van der Waals surface area (Å²) < 4.78 is 14.2. The third-order valence-electron chi connectivity index (χ3n) is 5.17. The highest BCUT2D eigenvalue weighted by atomic mass is 19.1. The van der Waals surface area contributed by atoms with Crippen LogP contribution < -0.4 is 11.2 Å². The molecule has 3 aromatic rings. The molecule has 0 bridgehead atoms. The van der Waals surface area contributed by atoms with Crippen LogP contribution in [0.1, 0.15) is 29.7 Å². The van der Waals surface area contributed by atoms with Crippen LogP contribution >= 0.6 is 0 Å². The molecule has 1 aliphatic rings. The van der Waals surface area contributed by atoms with E-state index in [1.807, 2.05) is 12.1 Å². The number of hydrogen-bond acceptors (Lipinski definition) is 4. The fraction of sp³-hybridized carbons (Fsp3) is 0.190. The lowest BCUT2D eigenvalue weighted by Gasteiger charge is -2.36. The number of rotatable bonds is 2. The Morgan fingerprint density at radius 1 is 1.14 bits per heavy atom. The van der Waals surface area contributed by atoms with E-state index in [2.05, 4.69) is 4.98 Å². The monoisotopic (exact) mass is 395 g/mol. The summed E-state index contributed by atoms with van der Waals surface area (Å²) in [5.74, 6) is -1.35. The van der Waals surface area contributed by atoms with Gasteiger partial charge in [-0.15, -0.1) is 0 Å². The number of carbonyl (C=O) groups is 1. The first-order valence-electron chi connectivity index (χ1n) is 9.07. The summed E-state index contributed by atoms with van der Waals surface area (Å²) in [5, 5.41) is 11.0. The Morgan fingerprint density at radius 3 is 2.52 bits per heavy atom. The molecule has 0 spiro atoms. The highest BCUT2D eigenvalue weighted by Crippen LogP contribution is 2.37. The average molecular weight is 395 g/mol. The van der Waals surface area contributed by atoms with Crippen molar-refractivity contribution < 1.29 is 14.3 Å². The predicted molar refractivity (Wildman–Crippen MR) is 104 cm³/mol. The van der Waals surface area contributed by atoms with Crippen molar-refractivity contribution >= 4 is 5.91 Å². The third-order valence-corrected chi connectivity index (χ3v) is 5.17. The number of benzene rings is 2. The maximum atomic E-state index is 13.3.